The molecule has 0 radical (unpaired) electrons. The second-order valence-electron chi connectivity index (χ2n) is 4.89. The van der Waals surface area contributed by atoms with Crippen LogP contribution in [0, 0.1) is 11.6 Å². The zero-order valence-corrected chi connectivity index (χ0v) is 10.9. The summed E-state index contributed by atoms with van der Waals surface area (Å²) in [6.07, 6.45) is 2.74. The largest absolute Gasteiger partial charge is 0.481 e. The maximum absolute atomic E-state index is 13.3. The predicted octanol–water partition coefficient (Wildman–Crippen LogP) is 1.76. The molecular formula is C14H17F2NO3. The Bertz CT molecular complexity index is 481. The number of rotatable bonds is 4. The summed E-state index contributed by atoms with van der Waals surface area (Å²) in [5.74, 6) is -2.16. The maximum atomic E-state index is 13.3. The lowest BCUT2D eigenvalue weighted by molar-refractivity contribution is -0.125. The molecule has 1 saturated carbocycles. The summed E-state index contributed by atoms with van der Waals surface area (Å²) < 4.78 is 31.0. The van der Waals surface area contributed by atoms with E-state index in [1.165, 1.54) is 0 Å². The summed E-state index contributed by atoms with van der Waals surface area (Å²) in [4.78, 5) is 11.7. The van der Waals surface area contributed by atoms with Gasteiger partial charge in [-0.05, 0) is 25.0 Å². The van der Waals surface area contributed by atoms with Gasteiger partial charge in [-0.2, -0.15) is 0 Å². The molecule has 0 aromatic heterocycles. The molecule has 0 heterocycles. The standard InChI is InChI=1S/C14H17F2NO3/c15-9-5-6-13(10(16)7-9)20-8-14(19)17-11-3-1-2-4-12(11)18/h5-7,11-12,18H,1-4,8H2,(H,17,19)/t11-,12-/m1/s1. The summed E-state index contributed by atoms with van der Waals surface area (Å²) >= 11 is 0. The van der Waals surface area contributed by atoms with Gasteiger partial charge >= 0.3 is 0 Å². The molecule has 1 aliphatic carbocycles. The first-order valence-electron chi connectivity index (χ1n) is 6.61. The van der Waals surface area contributed by atoms with Crippen LogP contribution in [0.5, 0.6) is 5.75 Å². The van der Waals surface area contributed by atoms with Gasteiger partial charge in [0.15, 0.2) is 18.2 Å². The Morgan fingerprint density at radius 2 is 2.10 bits per heavy atom. The minimum atomic E-state index is -0.851. The van der Waals surface area contributed by atoms with Crippen molar-refractivity contribution in [2.75, 3.05) is 6.61 Å². The molecule has 2 atom stereocenters. The molecular weight excluding hydrogens is 268 g/mol. The van der Waals surface area contributed by atoms with Crippen molar-refractivity contribution in [1.82, 2.24) is 5.32 Å². The molecule has 4 nitrogen and oxygen atoms in total. The van der Waals surface area contributed by atoms with Crippen LogP contribution in [0.15, 0.2) is 18.2 Å². The average molecular weight is 285 g/mol. The topological polar surface area (TPSA) is 58.6 Å². The van der Waals surface area contributed by atoms with Crippen molar-refractivity contribution in [2.45, 2.75) is 37.8 Å². The van der Waals surface area contributed by atoms with E-state index in [1.54, 1.807) is 0 Å². The highest BCUT2D eigenvalue weighted by atomic mass is 19.1. The van der Waals surface area contributed by atoms with Gasteiger partial charge in [0, 0.05) is 6.07 Å². The minimum absolute atomic E-state index is 0.175. The molecule has 0 aliphatic heterocycles. The monoisotopic (exact) mass is 285 g/mol. The number of nitrogens with one attached hydrogen (secondary N) is 1. The summed E-state index contributed by atoms with van der Waals surface area (Å²) in [7, 11) is 0. The molecule has 0 unspecified atom stereocenters. The van der Waals surface area contributed by atoms with Gasteiger partial charge in [-0.15, -0.1) is 0 Å². The number of aliphatic hydroxyl groups is 1. The van der Waals surface area contributed by atoms with Gasteiger partial charge in [-0.1, -0.05) is 12.8 Å². The number of carbonyl (C=O) groups is 1. The molecule has 0 spiro atoms. The zero-order chi connectivity index (χ0) is 14.5. The van der Waals surface area contributed by atoms with E-state index < -0.39 is 23.6 Å². The van der Waals surface area contributed by atoms with Crippen molar-refractivity contribution in [3.63, 3.8) is 0 Å². The number of benzene rings is 1. The molecule has 110 valence electrons. The Balaban J connectivity index is 1.82. The van der Waals surface area contributed by atoms with Gasteiger partial charge in [-0.3, -0.25) is 4.79 Å². The highest BCUT2D eigenvalue weighted by molar-refractivity contribution is 5.77. The van der Waals surface area contributed by atoms with E-state index in [0.717, 1.165) is 31.4 Å². The van der Waals surface area contributed by atoms with Gasteiger partial charge in [0.25, 0.3) is 5.91 Å². The number of hydrogen-bond acceptors (Lipinski definition) is 3. The van der Waals surface area contributed by atoms with Crippen LogP contribution in [0.3, 0.4) is 0 Å². The summed E-state index contributed by atoms with van der Waals surface area (Å²) in [5, 5.41) is 12.4. The second kappa shape index (κ2) is 6.65. The van der Waals surface area contributed by atoms with E-state index >= 15 is 0 Å². The van der Waals surface area contributed by atoms with Crippen LogP contribution in [-0.2, 0) is 4.79 Å². The lowest BCUT2D eigenvalue weighted by atomic mass is 9.92. The molecule has 1 aromatic carbocycles. The third-order valence-corrected chi connectivity index (χ3v) is 3.33. The van der Waals surface area contributed by atoms with Crippen LogP contribution in [0.2, 0.25) is 0 Å². The Labute approximate surface area is 115 Å². The van der Waals surface area contributed by atoms with Crippen molar-refractivity contribution < 1.29 is 23.4 Å². The predicted molar refractivity (Wildman–Crippen MR) is 68.3 cm³/mol. The molecule has 0 bridgehead atoms. The highest BCUT2D eigenvalue weighted by Crippen LogP contribution is 2.19. The molecule has 1 aliphatic rings. The van der Waals surface area contributed by atoms with Gasteiger partial charge in [0.1, 0.15) is 5.82 Å². The molecule has 20 heavy (non-hydrogen) atoms. The molecule has 6 heteroatoms. The fourth-order valence-electron chi connectivity index (χ4n) is 2.26. The van der Waals surface area contributed by atoms with Gasteiger partial charge in [0.2, 0.25) is 0 Å². The number of hydrogen-bond donors (Lipinski definition) is 2. The van der Waals surface area contributed by atoms with Crippen LogP contribution in [-0.4, -0.2) is 29.8 Å². The Hall–Kier alpha value is -1.69. The first-order valence-corrected chi connectivity index (χ1v) is 6.61. The van der Waals surface area contributed by atoms with Crippen LogP contribution < -0.4 is 10.1 Å². The lowest BCUT2D eigenvalue weighted by Gasteiger charge is -2.28. The number of ether oxygens (including phenoxy) is 1. The van der Waals surface area contributed by atoms with Crippen molar-refractivity contribution in [1.29, 1.82) is 0 Å². The quantitative estimate of drug-likeness (QED) is 0.886. The van der Waals surface area contributed by atoms with Crippen molar-refractivity contribution in [2.24, 2.45) is 0 Å². The molecule has 1 amide bonds. The Kier molecular flexibility index (Phi) is 4.89. The van der Waals surface area contributed by atoms with Crippen molar-refractivity contribution >= 4 is 5.91 Å². The molecule has 1 aromatic rings. The van der Waals surface area contributed by atoms with E-state index in [0.29, 0.717) is 12.5 Å². The third-order valence-electron chi connectivity index (χ3n) is 3.33. The van der Waals surface area contributed by atoms with Gasteiger partial charge in [-0.25, -0.2) is 8.78 Å². The number of aliphatic hydroxyl groups excluding tert-OH is 1. The van der Waals surface area contributed by atoms with E-state index in [-0.39, 0.29) is 18.4 Å². The highest BCUT2D eigenvalue weighted by Gasteiger charge is 2.24. The van der Waals surface area contributed by atoms with Crippen LogP contribution in [0.1, 0.15) is 25.7 Å². The average Bonchev–Trinajstić information content (AvgIpc) is 2.40. The second-order valence-corrected chi connectivity index (χ2v) is 4.89. The van der Waals surface area contributed by atoms with E-state index in [4.69, 9.17) is 4.74 Å². The number of amides is 1. The Morgan fingerprint density at radius 3 is 2.80 bits per heavy atom. The first-order chi connectivity index (χ1) is 9.56. The van der Waals surface area contributed by atoms with Gasteiger partial charge in [0.05, 0.1) is 12.1 Å². The van der Waals surface area contributed by atoms with E-state index in [2.05, 4.69) is 5.32 Å². The summed E-state index contributed by atoms with van der Waals surface area (Å²) in [6.45, 7) is -0.369. The number of halogens is 2. The maximum Gasteiger partial charge on any atom is 0.258 e. The zero-order valence-electron chi connectivity index (χ0n) is 10.9. The van der Waals surface area contributed by atoms with Crippen molar-refractivity contribution in [3.05, 3.63) is 29.8 Å². The van der Waals surface area contributed by atoms with E-state index in [1.807, 2.05) is 0 Å². The lowest BCUT2D eigenvalue weighted by Crippen LogP contribution is -2.46. The van der Waals surface area contributed by atoms with Crippen LogP contribution >= 0.6 is 0 Å². The summed E-state index contributed by atoms with van der Waals surface area (Å²) in [5.41, 5.74) is 0. The smallest absolute Gasteiger partial charge is 0.258 e. The van der Waals surface area contributed by atoms with E-state index in [9.17, 15) is 18.7 Å². The molecule has 2 N–H and O–H groups in total. The Morgan fingerprint density at radius 1 is 1.35 bits per heavy atom. The number of carbonyl (C=O) groups excluding carboxylic acids is 1. The molecule has 1 fully saturated rings. The summed E-state index contributed by atoms with van der Waals surface area (Å²) in [6, 6.07) is 2.60. The molecule has 0 saturated heterocycles. The third kappa shape index (κ3) is 3.90. The minimum Gasteiger partial charge on any atom is -0.481 e. The normalized spacial score (nSPS) is 22.4. The first kappa shape index (κ1) is 14.7. The fourth-order valence-corrected chi connectivity index (χ4v) is 2.26. The van der Waals surface area contributed by atoms with Crippen LogP contribution in [0.25, 0.3) is 0 Å². The van der Waals surface area contributed by atoms with Crippen molar-refractivity contribution in [3.8, 4) is 5.75 Å². The van der Waals surface area contributed by atoms with Gasteiger partial charge < -0.3 is 15.2 Å². The van der Waals surface area contributed by atoms with Crippen LogP contribution in [0.4, 0.5) is 8.78 Å². The molecule has 2 rings (SSSR count). The SMILES string of the molecule is O=C(COc1ccc(F)cc1F)N[C@@H]1CCCC[C@H]1O. The fraction of sp³-hybridized carbons (Fsp3) is 0.500.